The Morgan fingerprint density at radius 3 is 2.23 bits per heavy atom. The summed E-state index contributed by atoms with van der Waals surface area (Å²) in [5, 5.41) is 3.33. The minimum absolute atomic E-state index is 0.0281. The number of esters is 1. The van der Waals surface area contributed by atoms with Gasteiger partial charge in [0.25, 0.3) is 0 Å². The van der Waals surface area contributed by atoms with Crippen LogP contribution in [0.25, 0.3) is 0 Å². The third-order valence-electron chi connectivity index (χ3n) is 3.29. The molecule has 7 heteroatoms. The number of rotatable bonds is 7. The molecule has 26 heavy (non-hydrogen) atoms. The third kappa shape index (κ3) is 9.92. The van der Waals surface area contributed by atoms with Crippen molar-refractivity contribution in [3.8, 4) is 0 Å². The van der Waals surface area contributed by atoms with E-state index in [4.69, 9.17) is 21.1 Å². The zero-order valence-corrected chi connectivity index (χ0v) is 18.0. The first-order valence-electron chi connectivity index (χ1n) is 8.42. The summed E-state index contributed by atoms with van der Waals surface area (Å²) in [7, 11) is -0.726. The summed E-state index contributed by atoms with van der Waals surface area (Å²) in [6.45, 7) is 5.74. The van der Waals surface area contributed by atoms with Crippen LogP contribution >= 0.6 is 21.6 Å². The lowest BCUT2D eigenvalue weighted by Crippen LogP contribution is -2.36. The first-order chi connectivity index (χ1) is 11.9. The predicted octanol–water partition coefficient (Wildman–Crippen LogP) is 4.53. The maximum atomic E-state index is 12.2. The lowest BCUT2D eigenvalue weighted by molar-refractivity contribution is -0.143. The highest BCUT2D eigenvalue weighted by molar-refractivity contribution is 8.32. The fraction of sp³-hybridized carbons (Fsp3) is 0.579. The fourth-order valence-electron chi connectivity index (χ4n) is 2.03. The molecule has 0 spiro atoms. The van der Waals surface area contributed by atoms with Gasteiger partial charge in [0.05, 0.1) is 19.1 Å². The van der Waals surface area contributed by atoms with E-state index in [2.05, 4.69) is 24.1 Å². The molecule has 0 aliphatic carbocycles. The van der Waals surface area contributed by atoms with Gasteiger partial charge in [0.1, 0.15) is 5.60 Å². The fourth-order valence-corrected chi connectivity index (χ4v) is 2.74. The maximum Gasteiger partial charge on any atom is 0.408 e. The van der Waals surface area contributed by atoms with Gasteiger partial charge in [-0.1, -0.05) is 23.7 Å². The second-order valence-electron chi connectivity index (χ2n) is 7.97. The number of amides is 1. The standard InChI is InChI=1S/C19H30ClNO4S/c1-19(2,3)25-18(23)21-16(14-7-9-15(20)10-8-14)13-17(22)24-11-12-26(4,5)6/h7-10,16H,11-13H2,1-6H3,(H,21,23). The average Bonchev–Trinajstić information content (AvgIpc) is 2.44. The molecular formula is C19H30ClNO4S. The molecule has 0 bridgehead atoms. The summed E-state index contributed by atoms with van der Waals surface area (Å²) in [5.41, 5.74) is 0.142. The number of carbonyl (C=O) groups is 2. The molecule has 0 fully saturated rings. The molecule has 0 aliphatic rings. The van der Waals surface area contributed by atoms with Crippen molar-refractivity contribution in [3.63, 3.8) is 0 Å². The van der Waals surface area contributed by atoms with Crippen molar-refractivity contribution in [2.24, 2.45) is 0 Å². The minimum atomic E-state index is -0.726. The monoisotopic (exact) mass is 403 g/mol. The minimum Gasteiger partial charge on any atom is -0.465 e. The molecule has 1 N–H and O–H groups in total. The SMILES string of the molecule is CC(C)(C)OC(=O)NC(CC(=O)OCCS(C)(C)C)c1ccc(Cl)cc1. The lowest BCUT2D eigenvalue weighted by atomic mass is 10.0. The molecule has 1 unspecified atom stereocenters. The van der Waals surface area contributed by atoms with Gasteiger partial charge in [0, 0.05) is 10.8 Å². The van der Waals surface area contributed by atoms with Crippen LogP contribution in [0, 0.1) is 0 Å². The molecular weight excluding hydrogens is 374 g/mol. The van der Waals surface area contributed by atoms with E-state index >= 15 is 0 Å². The summed E-state index contributed by atoms with van der Waals surface area (Å²) >= 11 is 5.92. The van der Waals surface area contributed by atoms with Gasteiger partial charge < -0.3 is 14.8 Å². The summed E-state index contributed by atoms with van der Waals surface area (Å²) in [6.07, 6.45) is 5.95. The molecule has 0 radical (unpaired) electrons. The first kappa shape index (κ1) is 22.6. The molecule has 0 saturated carbocycles. The molecule has 148 valence electrons. The molecule has 0 heterocycles. The topological polar surface area (TPSA) is 64.6 Å². The third-order valence-corrected chi connectivity index (χ3v) is 4.94. The van der Waals surface area contributed by atoms with Crippen LogP contribution in [-0.4, -0.2) is 48.8 Å². The van der Waals surface area contributed by atoms with Crippen LogP contribution in [0.1, 0.15) is 38.8 Å². The summed E-state index contributed by atoms with van der Waals surface area (Å²) in [5.74, 6) is 0.494. The van der Waals surface area contributed by atoms with Crippen molar-refractivity contribution >= 4 is 33.7 Å². The van der Waals surface area contributed by atoms with E-state index in [1.165, 1.54) is 0 Å². The number of hydrogen-bond acceptors (Lipinski definition) is 4. The second-order valence-corrected chi connectivity index (χ2v) is 13.0. The molecule has 0 saturated heterocycles. The van der Waals surface area contributed by atoms with Gasteiger partial charge in [-0.05, 0) is 57.2 Å². The molecule has 1 amide bonds. The van der Waals surface area contributed by atoms with E-state index in [1.54, 1.807) is 45.0 Å². The van der Waals surface area contributed by atoms with Crippen molar-refractivity contribution < 1.29 is 19.1 Å². The molecule has 5 nitrogen and oxygen atoms in total. The molecule has 1 aromatic carbocycles. The highest BCUT2D eigenvalue weighted by Gasteiger charge is 2.23. The molecule has 0 aromatic heterocycles. The highest BCUT2D eigenvalue weighted by Crippen LogP contribution is 2.33. The van der Waals surface area contributed by atoms with E-state index in [0.29, 0.717) is 11.6 Å². The number of carbonyl (C=O) groups excluding carboxylic acids is 2. The van der Waals surface area contributed by atoms with Crippen molar-refractivity contribution in [2.45, 2.75) is 38.8 Å². The molecule has 1 atom stereocenters. The van der Waals surface area contributed by atoms with Crippen molar-refractivity contribution in [1.29, 1.82) is 0 Å². The van der Waals surface area contributed by atoms with Crippen LogP contribution in [0.5, 0.6) is 0 Å². The van der Waals surface area contributed by atoms with Crippen LogP contribution in [0.15, 0.2) is 24.3 Å². The zero-order chi connectivity index (χ0) is 20.0. The molecule has 0 aliphatic heterocycles. The number of hydrogen-bond donors (Lipinski definition) is 1. The van der Waals surface area contributed by atoms with Gasteiger partial charge in [0.15, 0.2) is 0 Å². The summed E-state index contributed by atoms with van der Waals surface area (Å²) in [4.78, 5) is 24.3. The number of halogens is 1. The Balaban J connectivity index is 2.76. The largest absolute Gasteiger partial charge is 0.465 e. The quantitative estimate of drug-likeness (QED) is 0.679. The van der Waals surface area contributed by atoms with E-state index in [1.807, 2.05) is 0 Å². The number of nitrogens with one attached hydrogen (secondary N) is 1. The van der Waals surface area contributed by atoms with Crippen LogP contribution < -0.4 is 5.32 Å². The molecule has 1 aromatic rings. The van der Waals surface area contributed by atoms with Crippen LogP contribution in [0.2, 0.25) is 5.02 Å². The van der Waals surface area contributed by atoms with Crippen LogP contribution in [-0.2, 0) is 14.3 Å². The smallest absolute Gasteiger partial charge is 0.408 e. The first-order valence-corrected chi connectivity index (χ1v) is 11.8. The Morgan fingerprint density at radius 1 is 1.15 bits per heavy atom. The van der Waals surface area contributed by atoms with E-state index in [-0.39, 0.29) is 12.4 Å². The van der Waals surface area contributed by atoms with Crippen molar-refractivity contribution in [2.75, 3.05) is 31.1 Å². The van der Waals surface area contributed by atoms with Gasteiger partial charge in [-0.3, -0.25) is 4.79 Å². The summed E-state index contributed by atoms with van der Waals surface area (Å²) in [6, 6.07) is 6.44. The van der Waals surface area contributed by atoms with E-state index in [0.717, 1.165) is 11.3 Å². The second kappa shape index (κ2) is 9.51. The van der Waals surface area contributed by atoms with Gasteiger partial charge in [-0.2, -0.15) is 0 Å². The summed E-state index contributed by atoms with van der Waals surface area (Å²) < 4.78 is 10.6. The highest BCUT2D eigenvalue weighted by atomic mass is 35.5. The zero-order valence-electron chi connectivity index (χ0n) is 16.4. The van der Waals surface area contributed by atoms with Gasteiger partial charge in [-0.25, -0.2) is 14.8 Å². The van der Waals surface area contributed by atoms with Crippen molar-refractivity contribution in [1.82, 2.24) is 5.32 Å². The van der Waals surface area contributed by atoms with Crippen LogP contribution in [0.4, 0.5) is 4.79 Å². The average molecular weight is 404 g/mol. The number of alkyl carbamates (subject to hydrolysis) is 1. The van der Waals surface area contributed by atoms with Crippen LogP contribution in [0.3, 0.4) is 0 Å². The Morgan fingerprint density at radius 2 is 1.73 bits per heavy atom. The van der Waals surface area contributed by atoms with Crippen molar-refractivity contribution in [3.05, 3.63) is 34.9 Å². The Kier molecular flexibility index (Phi) is 8.28. The Hall–Kier alpha value is -1.40. The maximum absolute atomic E-state index is 12.2. The lowest BCUT2D eigenvalue weighted by Gasteiger charge is -2.25. The Bertz CT molecular complexity index is 605. The number of benzene rings is 1. The van der Waals surface area contributed by atoms with E-state index < -0.39 is 27.8 Å². The van der Waals surface area contributed by atoms with E-state index in [9.17, 15) is 9.59 Å². The van der Waals surface area contributed by atoms with Gasteiger partial charge in [-0.15, -0.1) is 0 Å². The molecule has 1 rings (SSSR count). The Labute approximate surface area is 163 Å². The number of ether oxygens (including phenoxy) is 2. The van der Waals surface area contributed by atoms with Gasteiger partial charge >= 0.3 is 12.1 Å². The van der Waals surface area contributed by atoms with Gasteiger partial charge in [0.2, 0.25) is 0 Å². The normalized spacial score (nSPS) is 13.7. The predicted molar refractivity (Wildman–Crippen MR) is 109 cm³/mol.